The lowest BCUT2D eigenvalue weighted by Crippen LogP contribution is -2.37. The zero-order valence-corrected chi connectivity index (χ0v) is 24.5. The highest BCUT2D eigenvalue weighted by Gasteiger charge is 2.12. The average molecular weight is 529 g/mol. The summed E-state index contributed by atoms with van der Waals surface area (Å²) in [6.45, 7) is 4.34. The molecule has 2 atom stereocenters. The number of rotatable bonds is 27. The van der Waals surface area contributed by atoms with Crippen molar-refractivity contribution in [3.05, 3.63) is 0 Å². The Hall–Kier alpha value is 0.580. The number of likely N-dealkylation sites (N-methyl/N-ethyl adjacent to an activating group) is 1. The van der Waals surface area contributed by atoms with Gasteiger partial charge in [-0.2, -0.15) is 0 Å². The molecule has 0 aromatic heterocycles. The van der Waals surface area contributed by atoms with E-state index in [1.165, 1.54) is 89.9 Å². The molecule has 2 unspecified atom stereocenters. The van der Waals surface area contributed by atoms with Crippen LogP contribution in [0, 0.1) is 0 Å². The van der Waals surface area contributed by atoms with Crippen LogP contribution >= 0.6 is 17.2 Å². The molecule has 0 aromatic rings. The molecule has 0 rings (SSSR count). The van der Waals surface area contributed by atoms with Crippen LogP contribution in [0.2, 0.25) is 0 Å². The van der Waals surface area contributed by atoms with E-state index >= 15 is 0 Å². The molecule has 0 saturated carbocycles. The summed E-state index contributed by atoms with van der Waals surface area (Å²) < 4.78 is 21.7. The van der Waals surface area contributed by atoms with Gasteiger partial charge in [0.15, 0.2) is 0 Å². The SMILES string of the molecule is CCCCCCCCCCCCCCCCCCOP(O)OCCOP(O)OCC[N+](C)(C)C. The lowest BCUT2D eigenvalue weighted by Gasteiger charge is -2.23. The second-order valence-corrected chi connectivity index (χ2v) is 12.1. The summed E-state index contributed by atoms with van der Waals surface area (Å²) in [5.74, 6) is 0. The summed E-state index contributed by atoms with van der Waals surface area (Å²) in [7, 11) is 2.39. The topological polar surface area (TPSA) is 77.4 Å². The standard InChI is InChI=1S/C25H56NO6P2/c1-5-6-7-8-9-10-11-12-13-14-15-16-17-18-19-20-22-29-33(27)31-24-25-32-34(28)30-23-21-26(2,3)4/h27-28H,5-25H2,1-4H3/q+1. The maximum atomic E-state index is 9.75. The van der Waals surface area contributed by atoms with Gasteiger partial charge in [-0.1, -0.05) is 103 Å². The van der Waals surface area contributed by atoms with E-state index in [9.17, 15) is 9.79 Å². The zero-order chi connectivity index (χ0) is 25.3. The summed E-state index contributed by atoms with van der Waals surface area (Å²) >= 11 is 0. The Labute approximate surface area is 213 Å². The number of hydrogen-bond acceptors (Lipinski definition) is 6. The minimum atomic E-state index is -1.90. The van der Waals surface area contributed by atoms with Gasteiger partial charge in [0.1, 0.15) is 13.2 Å². The molecule has 0 saturated heterocycles. The second-order valence-electron chi connectivity index (χ2n) is 10.1. The molecular formula is C25H56NO6P2+. The van der Waals surface area contributed by atoms with Gasteiger partial charge in [0.25, 0.3) is 0 Å². The summed E-state index contributed by atoms with van der Waals surface area (Å²) in [5, 5.41) is 0. The van der Waals surface area contributed by atoms with Gasteiger partial charge >= 0.3 is 17.2 Å². The van der Waals surface area contributed by atoms with Crippen molar-refractivity contribution in [3.8, 4) is 0 Å². The number of unbranched alkanes of at least 4 members (excludes halogenated alkanes) is 15. The molecular weight excluding hydrogens is 472 g/mol. The molecule has 2 N–H and O–H groups in total. The van der Waals surface area contributed by atoms with E-state index in [0.29, 0.717) is 13.2 Å². The molecule has 0 amide bonds. The van der Waals surface area contributed by atoms with E-state index in [-0.39, 0.29) is 13.2 Å². The number of hydrogen-bond donors (Lipinski definition) is 2. The maximum Gasteiger partial charge on any atom is 0.330 e. The Balaban J connectivity index is 3.25. The van der Waals surface area contributed by atoms with E-state index in [1.54, 1.807) is 0 Å². The Kier molecular flexibility index (Phi) is 25.7. The molecule has 7 nitrogen and oxygen atoms in total. The van der Waals surface area contributed by atoms with E-state index in [1.807, 2.05) is 0 Å². The molecule has 0 aliphatic heterocycles. The molecule has 0 heterocycles. The van der Waals surface area contributed by atoms with Gasteiger partial charge in [-0.25, -0.2) is 0 Å². The van der Waals surface area contributed by atoms with Crippen LogP contribution < -0.4 is 0 Å². The van der Waals surface area contributed by atoms with E-state index in [0.717, 1.165) is 23.9 Å². The van der Waals surface area contributed by atoms with Crippen LogP contribution in [0.15, 0.2) is 0 Å². The zero-order valence-electron chi connectivity index (χ0n) is 22.7. The fourth-order valence-electron chi connectivity index (χ4n) is 3.49. The first-order chi connectivity index (χ1) is 16.3. The first-order valence-electron chi connectivity index (χ1n) is 13.6. The van der Waals surface area contributed by atoms with Gasteiger partial charge < -0.3 is 32.4 Å². The van der Waals surface area contributed by atoms with Crippen LogP contribution in [-0.2, 0) is 18.1 Å². The minimum Gasteiger partial charge on any atom is -0.329 e. The number of nitrogens with zero attached hydrogens (tertiary/aromatic N) is 1. The third kappa shape index (κ3) is 28.8. The molecule has 0 spiro atoms. The van der Waals surface area contributed by atoms with Crippen molar-refractivity contribution in [3.63, 3.8) is 0 Å². The predicted octanol–water partition coefficient (Wildman–Crippen LogP) is 7.46. The van der Waals surface area contributed by atoms with Crippen LogP contribution in [0.5, 0.6) is 0 Å². The molecule has 34 heavy (non-hydrogen) atoms. The van der Waals surface area contributed by atoms with Crippen molar-refractivity contribution < 1.29 is 32.4 Å². The predicted molar refractivity (Wildman–Crippen MR) is 145 cm³/mol. The van der Waals surface area contributed by atoms with Crippen LogP contribution in [0.1, 0.15) is 110 Å². The quantitative estimate of drug-likeness (QED) is 0.0655. The normalized spacial score (nSPS) is 13.9. The van der Waals surface area contributed by atoms with E-state index in [4.69, 9.17) is 18.1 Å². The highest BCUT2D eigenvalue weighted by molar-refractivity contribution is 7.40. The van der Waals surface area contributed by atoms with Gasteiger partial charge in [-0.3, -0.25) is 0 Å². The highest BCUT2D eigenvalue weighted by atomic mass is 31.2. The number of quaternary nitrogens is 1. The minimum absolute atomic E-state index is 0.161. The smallest absolute Gasteiger partial charge is 0.329 e. The summed E-state index contributed by atoms with van der Waals surface area (Å²) in [5.41, 5.74) is 0. The lowest BCUT2D eigenvalue weighted by atomic mass is 10.0. The van der Waals surface area contributed by atoms with E-state index in [2.05, 4.69) is 28.1 Å². The Morgan fingerprint density at radius 2 is 0.794 bits per heavy atom. The van der Waals surface area contributed by atoms with Crippen LogP contribution in [0.4, 0.5) is 0 Å². The van der Waals surface area contributed by atoms with Crippen molar-refractivity contribution in [2.45, 2.75) is 110 Å². The fourth-order valence-corrected chi connectivity index (χ4v) is 4.62. The van der Waals surface area contributed by atoms with Crippen molar-refractivity contribution in [2.75, 3.05) is 54.1 Å². The van der Waals surface area contributed by atoms with E-state index < -0.39 is 17.2 Å². The van der Waals surface area contributed by atoms with Gasteiger partial charge in [0.2, 0.25) is 0 Å². The molecule has 0 aromatic carbocycles. The highest BCUT2D eigenvalue weighted by Crippen LogP contribution is 2.35. The molecule has 0 aliphatic rings. The van der Waals surface area contributed by atoms with Crippen molar-refractivity contribution in [1.82, 2.24) is 0 Å². The molecule has 0 radical (unpaired) electrons. The summed E-state index contributed by atoms with van der Waals surface area (Å²) in [4.78, 5) is 19.4. The summed E-state index contributed by atoms with van der Waals surface area (Å²) in [6, 6.07) is 0. The van der Waals surface area contributed by atoms with Crippen molar-refractivity contribution in [2.24, 2.45) is 0 Å². The van der Waals surface area contributed by atoms with Gasteiger partial charge in [-0.05, 0) is 6.42 Å². The maximum absolute atomic E-state index is 9.75. The van der Waals surface area contributed by atoms with Gasteiger partial charge in [0, 0.05) is 0 Å². The molecule has 9 heteroatoms. The third-order valence-electron chi connectivity index (χ3n) is 5.65. The summed E-state index contributed by atoms with van der Waals surface area (Å²) in [6.07, 6.45) is 21.4. The monoisotopic (exact) mass is 528 g/mol. The third-order valence-corrected chi connectivity index (χ3v) is 7.26. The fraction of sp³-hybridized carbons (Fsp3) is 1.00. The Bertz CT molecular complexity index is 415. The van der Waals surface area contributed by atoms with Crippen LogP contribution in [0.3, 0.4) is 0 Å². The van der Waals surface area contributed by atoms with Gasteiger partial charge in [-0.15, -0.1) is 0 Å². The van der Waals surface area contributed by atoms with Crippen LogP contribution in [-0.4, -0.2) is 68.4 Å². The molecule has 0 fully saturated rings. The second kappa shape index (κ2) is 25.2. The first-order valence-corrected chi connectivity index (χ1v) is 15.9. The van der Waals surface area contributed by atoms with Crippen LogP contribution in [0.25, 0.3) is 0 Å². The molecule has 0 bridgehead atoms. The largest absolute Gasteiger partial charge is 0.330 e. The van der Waals surface area contributed by atoms with Crippen molar-refractivity contribution in [1.29, 1.82) is 0 Å². The Morgan fingerprint density at radius 1 is 0.471 bits per heavy atom. The first kappa shape index (κ1) is 34.6. The lowest BCUT2D eigenvalue weighted by molar-refractivity contribution is -0.870. The molecule has 206 valence electrons. The van der Waals surface area contributed by atoms with Crippen molar-refractivity contribution >= 4 is 17.2 Å². The molecule has 0 aliphatic carbocycles. The average Bonchev–Trinajstić information content (AvgIpc) is 2.78. The Morgan fingerprint density at radius 3 is 1.18 bits per heavy atom. The van der Waals surface area contributed by atoms with Gasteiger partial charge in [0.05, 0.1) is 41.0 Å².